The molecule has 1 aromatic heterocycles. The Bertz CT molecular complexity index is 798. The monoisotopic (exact) mass is 374 g/mol. The number of carbonyl (C=O) groups is 2. The molecule has 2 amide bonds. The van der Waals surface area contributed by atoms with E-state index in [-0.39, 0.29) is 30.2 Å². The van der Waals surface area contributed by atoms with Crippen molar-refractivity contribution in [2.24, 2.45) is 5.92 Å². The third-order valence-electron chi connectivity index (χ3n) is 4.64. The van der Waals surface area contributed by atoms with Gasteiger partial charge in [-0.15, -0.1) is 0 Å². The fourth-order valence-electron chi connectivity index (χ4n) is 3.23. The van der Waals surface area contributed by atoms with E-state index in [1.165, 1.54) is 0 Å². The Kier molecular flexibility index (Phi) is 5.37. The van der Waals surface area contributed by atoms with E-state index < -0.39 is 0 Å². The van der Waals surface area contributed by atoms with Gasteiger partial charge in [0.2, 0.25) is 11.8 Å². The van der Waals surface area contributed by atoms with Crippen molar-refractivity contribution in [2.45, 2.75) is 39.8 Å². The molecule has 1 saturated heterocycles. The zero-order chi connectivity index (χ0) is 18.8. The van der Waals surface area contributed by atoms with Crippen molar-refractivity contribution in [3.63, 3.8) is 0 Å². The summed E-state index contributed by atoms with van der Waals surface area (Å²) in [5.41, 5.74) is 0.771. The Hall–Kier alpha value is -2.27. The third-order valence-corrected chi connectivity index (χ3v) is 4.89. The van der Waals surface area contributed by atoms with E-state index in [4.69, 9.17) is 16.0 Å². The summed E-state index contributed by atoms with van der Waals surface area (Å²) in [6.07, 6.45) is 0.224. The number of hydrogen-bond donors (Lipinski definition) is 0. The predicted octanol–water partition coefficient (Wildman–Crippen LogP) is 4.03. The number of furan rings is 1. The highest BCUT2D eigenvalue weighted by Crippen LogP contribution is 2.28. The van der Waals surface area contributed by atoms with Crippen molar-refractivity contribution >= 4 is 29.1 Å². The molecule has 1 unspecified atom stereocenters. The van der Waals surface area contributed by atoms with Crippen LogP contribution < -0.4 is 4.90 Å². The highest BCUT2D eigenvalue weighted by molar-refractivity contribution is 6.30. The Balaban J connectivity index is 1.73. The fraction of sp³-hybridized carbons (Fsp3) is 0.400. The van der Waals surface area contributed by atoms with Crippen LogP contribution in [-0.4, -0.2) is 29.3 Å². The highest BCUT2D eigenvalue weighted by Gasteiger charge is 2.38. The average Bonchev–Trinajstić information content (AvgIpc) is 3.18. The first-order valence-corrected chi connectivity index (χ1v) is 9.14. The van der Waals surface area contributed by atoms with E-state index in [0.29, 0.717) is 18.1 Å². The summed E-state index contributed by atoms with van der Waals surface area (Å²) >= 11 is 5.92. The second kappa shape index (κ2) is 7.54. The molecule has 0 aliphatic carbocycles. The molecule has 2 aromatic rings. The van der Waals surface area contributed by atoms with Crippen LogP contribution >= 0.6 is 11.6 Å². The Morgan fingerprint density at radius 2 is 1.96 bits per heavy atom. The molecule has 1 fully saturated rings. The summed E-state index contributed by atoms with van der Waals surface area (Å²) in [6.45, 7) is 6.63. The van der Waals surface area contributed by atoms with Gasteiger partial charge >= 0.3 is 0 Å². The molecule has 1 aromatic carbocycles. The number of nitrogens with zero attached hydrogens (tertiary/aromatic N) is 2. The lowest BCUT2D eigenvalue weighted by atomic mass is 10.1. The van der Waals surface area contributed by atoms with Gasteiger partial charge in [-0.1, -0.05) is 11.6 Å². The van der Waals surface area contributed by atoms with E-state index >= 15 is 0 Å². The predicted molar refractivity (Wildman–Crippen MR) is 101 cm³/mol. The van der Waals surface area contributed by atoms with Crippen molar-refractivity contribution in [2.75, 3.05) is 11.4 Å². The average molecular weight is 375 g/mol. The SMILES string of the molecule is Cc1ccc(CN(C(=O)C2CC(=O)N(c3ccc(Cl)cc3)C2)C(C)C)o1. The molecule has 2 heterocycles. The first-order chi connectivity index (χ1) is 12.3. The quantitative estimate of drug-likeness (QED) is 0.793. The summed E-state index contributed by atoms with van der Waals surface area (Å²) in [6, 6.07) is 10.9. The second-order valence-corrected chi connectivity index (χ2v) is 7.39. The van der Waals surface area contributed by atoms with Gasteiger partial charge in [0.15, 0.2) is 0 Å². The molecule has 138 valence electrons. The molecule has 0 saturated carbocycles. The molecular weight excluding hydrogens is 352 g/mol. The maximum Gasteiger partial charge on any atom is 0.228 e. The first kappa shape index (κ1) is 18.5. The van der Waals surface area contributed by atoms with Gasteiger partial charge in [-0.2, -0.15) is 0 Å². The Morgan fingerprint density at radius 3 is 2.54 bits per heavy atom. The van der Waals surface area contributed by atoms with Crippen LogP contribution in [0.4, 0.5) is 5.69 Å². The van der Waals surface area contributed by atoms with Crippen LogP contribution in [0.15, 0.2) is 40.8 Å². The van der Waals surface area contributed by atoms with Crippen LogP contribution in [0.25, 0.3) is 0 Å². The number of halogens is 1. The molecule has 6 heteroatoms. The molecule has 5 nitrogen and oxygen atoms in total. The molecule has 1 aliphatic rings. The third kappa shape index (κ3) is 3.93. The summed E-state index contributed by atoms with van der Waals surface area (Å²) in [4.78, 5) is 28.9. The standard InChI is InChI=1S/C20H23ClN2O3/c1-13(2)22(12-18-9-4-14(3)26-18)20(25)15-10-19(24)23(11-15)17-7-5-16(21)6-8-17/h4-9,13,15H,10-12H2,1-3H3. The number of aryl methyl sites for hydroxylation is 1. The highest BCUT2D eigenvalue weighted by atomic mass is 35.5. The van der Waals surface area contributed by atoms with Gasteiger partial charge < -0.3 is 14.2 Å². The van der Waals surface area contributed by atoms with Crippen molar-refractivity contribution in [3.05, 3.63) is 52.9 Å². The first-order valence-electron chi connectivity index (χ1n) is 8.77. The van der Waals surface area contributed by atoms with Gasteiger partial charge in [0, 0.05) is 29.7 Å². The van der Waals surface area contributed by atoms with E-state index in [9.17, 15) is 9.59 Å². The molecule has 3 rings (SSSR count). The lowest BCUT2D eigenvalue weighted by molar-refractivity contribution is -0.138. The molecule has 1 atom stereocenters. The zero-order valence-corrected chi connectivity index (χ0v) is 16.0. The maximum atomic E-state index is 13.1. The number of rotatable bonds is 5. The van der Waals surface area contributed by atoms with Crippen molar-refractivity contribution in [3.8, 4) is 0 Å². The van der Waals surface area contributed by atoms with Crippen molar-refractivity contribution in [1.29, 1.82) is 0 Å². The molecular formula is C20H23ClN2O3. The van der Waals surface area contributed by atoms with Crippen LogP contribution in [0, 0.1) is 12.8 Å². The van der Waals surface area contributed by atoms with Gasteiger partial charge in [-0.05, 0) is 57.2 Å². The minimum absolute atomic E-state index is 0.0149. The van der Waals surface area contributed by atoms with Crippen molar-refractivity contribution in [1.82, 2.24) is 4.90 Å². The molecule has 26 heavy (non-hydrogen) atoms. The van der Waals surface area contributed by atoms with Gasteiger partial charge in [-0.25, -0.2) is 0 Å². The summed E-state index contributed by atoms with van der Waals surface area (Å²) in [5, 5.41) is 0.618. The van der Waals surface area contributed by atoms with E-state index in [1.807, 2.05) is 32.9 Å². The number of benzene rings is 1. The van der Waals surface area contributed by atoms with Crippen LogP contribution in [0.3, 0.4) is 0 Å². The molecule has 0 radical (unpaired) electrons. The van der Waals surface area contributed by atoms with E-state index in [2.05, 4.69) is 0 Å². The number of amides is 2. The Labute approximate surface area is 158 Å². The normalized spacial score (nSPS) is 17.2. The molecule has 0 spiro atoms. The van der Waals surface area contributed by atoms with Gasteiger partial charge in [-0.3, -0.25) is 9.59 Å². The van der Waals surface area contributed by atoms with Gasteiger partial charge in [0.05, 0.1) is 12.5 Å². The zero-order valence-electron chi connectivity index (χ0n) is 15.2. The summed E-state index contributed by atoms with van der Waals surface area (Å²) in [5.74, 6) is 1.17. The molecule has 0 bridgehead atoms. The van der Waals surface area contributed by atoms with Crippen molar-refractivity contribution < 1.29 is 14.0 Å². The van der Waals surface area contributed by atoms with Gasteiger partial charge in [0.25, 0.3) is 0 Å². The smallest absolute Gasteiger partial charge is 0.228 e. The lowest BCUT2D eigenvalue weighted by Crippen LogP contribution is -2.41. The minimum atomic E-state index is -0.350. The van der Waals surface area contributed by atoms with Gasteiger partial charge in [0.1, 0.15) is 11.5 Å². The summed E-state index contributed by atoms with van der Waals surface area (Å²) in [7, 11) is 0. The number of anilines is 1. The maximum absolute atomic E-state index is 13.1. The molecule has 1 aliphatic heterocycles. The largest absolute Gasteiger partial charge is 0.464 e. The molecule has 0 N–H and O–H groups in total. The van der Waals surface area contributed by atoms with E-state index in [1.54, 1.807) is 34.1 Å². The van der Waals surface area contributed by atoms with Crippen LogP contribution in [0.2, 0.25) is 5.02 Å². The topological polar surface area (TPSA) is 53.8 Å². The van der Waals surface area contributed by atoms with E-state index in [0.717, 1.165) is 17.2 Å². The second-order valence-electron chi connectivity index (χ2n) is 6.95. The van der Waals surface area contributed by atoms with Crippen LogP contribution in [0.5, 0.6) is 0 Å². The number of hydrogen-bond acceptors (Lipinski definition) is 3. The number of carbonyl (C=O) groups excluding carboxylic acids is 2. The van der Waals surface area contributed by atoms with Crippen LogP contribution in [-0.2, 0) is 16.1 Å². The Morgan fingerprint density at radius 1 is 1.27 bits per heavy atom. The minimum Gasteiger partial charge on any atom is -0.464 e. The van der Waals surface area contributed by atoms with Crippen LogP contribution in [0.1, 0.15) is 31.8 Å². The lowest BCUT2D eigenvalue weighted by Gasteiger charge is -2.28. The fourth-order valence-corrected chi connectivity index (χ4v) is 3.36. The summed E-state index contributed by atoms with van der Waals surface area (Å²) < 4.78 is 5.62.